The van der Waals surface area contributed by atoms with Crippen molar-refractivity contribution in [3.63, 3.8) is 0 Å². The maximum atomic E-state index is 10.8. The Hall–Kier alpha value is -2.89. The Morgan fingerprint density at radius 2 is 2.11 bits per heavy atom. The van der Waals surface area contributed by atoms with Crippen LogP contribution >= 0.6 is 0 Å². The molecule has 1 aromatic carbocycles. The third-order valence-electron chi connectivity index (χ3n) is 2.65. The molecule has 19 heavy (non-hydrogen) atoms. The smallest absolute Gasteiger partial charge is 0.374 e. The topological polar surface area (TPSA) is 81.1 Å². The van der Waals surface area contributed by atoms with E-state index in [0.717, 1.165) is 11.3 Å². The zero-order valence-electron chi connectivity index (χ0n) is 9.72. The fourth-order valence-electron chi connectivity index (χ4n) is 1.80. The molecule has 2 heterocycles. The lowest BCUT2D eigenvalue weighted by Crippen LogP contribution is -1.97. The molecule has 3 aromatic rings. The van der Waals surface area contributed by atoms with Gasteiger partial charge in [-0.2, -0.15) is 5.10 Å². The molecule has 0 aliphatic carbocycles. The van der Waals surface area contributed by atoms with Gasteiger partial charge in [-0.3, -0.25) is 0 Å². The summed E-state index contributed by atoms with van der Waals surface area (Å²) < 4.78 is 6.46. The number of carbonyl (C=O) groups is 1. The van der Waals surface area contributed by atoms with Crippen molar-refractivity contribution in [2.75, 3.05) is 0 Å². The highest BCUT2D eigenvalue weighted by molar-refractivity contribution is 5.86. The van der Waals surface area contributed by atoms with E-state index in [1.807, 2.05) is 30.3 Å². The van der Waals surface area contributed by atoms with E-state index in [4.69, 9.17) is 9.63 Å². The summed E-state index contributed by atoms with van der Waals surface area (Å²) >= 11 is 0. The quantitative estimate of drug-likeness (QED) is 0.776. The molecule has 0 bridgehead atoms. The van der Waals surface area contributed by atoms with E-state index in [1.165, 1.54) is 6.07 Å². The summed E-state index contributed by atoms with van der Waals surface area (Å²) in [6, 6.07) is 10.6. The van der Waals surface area contributed by atoms with Crippen LogP contribution in [0.25, 0.3) is 16.9 Å². The van der Waals surface area contributed by atoms with E-state index in [1.54, 1.807) is 17.1 Å². The van der Waals surface area contributed by atoms with Crippen LogP contribution in [0.1, 0.15) is 10.6 Å². The minimum Gasteiger partial charge on any atom is -0.475 e. The van der Waals surface area contributed by atoms with Gasteiger partial charge in [0, 0.05) is 24.0 Å². The van der Waals surface area contributed by atoms with E-state index >= 15 is 0 Å². The standard InChI is InChI=1S/C13H9N3O3/c17-13(18)12-8-10(15-19-12)9-4-1-2-5-11(9)16-7-3-6-14-16/h1-8H,(H,17,18). The molecule has 94 valence electrons. The largest absolute Gasteiger partial charge is 0.475 e. The summed E-state index contributed by atoms with van der Waals surface area (Å²) in [5.41, 5.74) is 2.02. The van der Waals surface area contributed by atoms with Crippen LogP contribution in [0.5, 0.6) is 0 Å². The number of benzene rings is 1. The predicted molar refractivity (Wildman–Crippen MR) is 66.0 cm³/mol. The second-order valence-electron chi connectivity index (χ2n) is 3.85. The van der Waals surface area contributed by atoms with Gasteiger partial charge in [0.1, 0.15) is 5.69 Å². The van der Waals surface area contributed by atoms with Crippen LogP contribution in [0.15, 0.2) is 53.3 Å². The Bertz CT molecular complexity index is 716. The molecule has 6 nitrogen and oxygen atoms in total. The average Bonchev–Trinajstić information content (AvgIpc) is 3.10. The van der Waals surface area contributed by atoms with E-state index in [2.05, 4.69) is 10.3 Å². The van der Waals surface area contributed by atoms with Gasteiger partial charge in [-0.25, -0.2) is 9.48 Å². The first-order valence-corrected chi connectivity index (χ1v) is 5.55. The van der Waals surface area contributed by atoms with Crippen molar-refractivity contribution < 1.29 is 14.4 Å². The number of aromatic nitrogens is 3. The van der Waals surface area contributed by atoms with E-state index in [0.29, 0.717) is 5.69 Å². The van der Waals surface area contributed by atoms with E-state index in [-0.39, 0.29) is 5.76 Å². The van der Waals surface area contributed by atoms with Crippen molar-refractivity contribution in [1.29, 1.82) is 0 Å². The Kier molecular flexibility index (Phi) is 2.60. The molecule has 0 unspecified atom stereocenters. The number of carboxylic acids is 1. The van der Waals surface area contributed by atoms with Crippen molar-refractivity contribution in [1.82, 2.24) is 14.9 Å². The zero-order chi connectivity index (χ0) is 13.2. The van der Waals surface area contributed by atoms with Crippen molar-refractivity contribution >= 4 is 5.97 Å². The molecule has 0 atom stereocenters. The highest BCUT2D eigenvalue weighted by Crippen LogP contribution is 2.25. The predicted octanol–water partition coefficient (Wildman–Crippen LogP) is 2.23. The molecule has 0 aliphatic rings. The molecule has 0 saturated heterocycles. The summed E-state index contributed by atoms with van der Waals surface area (Å²) in [6.07, 6.45) is 3.47. The maximum absolute atomic E-state index is 10.8. The lowest BCUT2D eigenvalue weighted by Gasteiger charge is -2.06. The maximum Gasteiger partial charge on any atom is 0.374 e. The van der Waals surface area contributed by atoms with Crippen molar-refractivity contribution in [3.05, 3.63) is 54.6 Å². The van der Waals surface area contributed by atoms with Gasteiger partial charge in [0.2, 0.25) is 5.76 Å². The minimum atomic E-state index is -1.14. The van der Waals surface area contributed by atoms with Crippen LogP contribution in [0, 0.1) is 0 Å². The SMILES string of the molecule is O=C(O)c1cc(-c2ccccc2-n2cccn2)no1. The first-order chi connectivity index (χ1) is 9.25. The Labute approximate surface area is 107 Å². The lowest BCUT2D eigenvalue weighted by molar-refractivity contribution is 0.0652. The molecule has 0 spiro atoms. The molecular weight excluding hydrogens is 246 g/mol. The molecule has 0 amide bonds. The van der Waals surface area contributed by atoms with Gasteiger partial charge in [0.15, 0.2) is 0 Å². The Balaban J connectivity index is 2.12. The van der Waals surface area contributed by atoms with Gasteiger partial charge in [-0.05, 0) is 12.1 Å². The van der Waals surface area contributed by atoms with Gasteiger partial charge in [0.05, 0.1) is 5.69 Å². The zero-order valence-corrected chi connectivity index (χ0v) is 9.72. The van der Waals surface area contributed by atoms with Crippen molar-refractivity contribution in [3.8, 4) is 16.9 Å². The van der Waals surface area contributed by atoms with Gasteiger partial charge in [-0.1, -0.05) is 23.4 Å². The molecule has 3 rings (SSSR count). The molecule has 0 aliphatic heterocycles. The fourth-order valence-corrected chi connectivity index (χ4v) is 1.80. The van der Waals surface area contributed by atoms with Gasteiger partial charge in [0.25, 0.3) is 0 Å². The van der Waals surface area contributed by atoms with Gasteiger partial charge < -0.3 is 9.63 Å². The normalized spacial score (nSPS) is 10.5. The molecule has 0 radical (unpaired) electrons. The summed E-state index contributed by atoms with van der Waals surface area (Å²) in [5, 5.41) is 16.8. The third-order valence-corrected chi connectivity index (χ3v) is 2.65. The highest BCUT2D eigenvalue weighted by Gasteiger charge is 2.15. The Morgan fingerprint density at radius 3 is 2.79 bits per heavy atom. The van der Waals surface area contributed by atoms with Crippen LogP contribution in [0.4, 0.5) is 0 Å². The summed E-state index contributed by atoms with van der Waals surface area (Å²) in [4.78, 5) is 10.8. The van der Waals surface area contributed by atoms with Crippen LogP contribution < -0.4 is 0 Å². The number of para-hydroxylation sites is 1. The van der Waals surface area contributed by atoms with Crippen LogP contribution in [0.2, 0.25) is 0 Å². The minimum absolute atomic E-state index is 0.190. The van der Waals surface area contributed by atoms with Crippen LogP contribution in [-0.4, -0.2) is 26.0 Å². The van der Waals surface area contributed by atoms with Crippen LogP contribution in [0.3, 0.4) is 0 Å². The van der Waals surface area contributed by atoms with Crippen LogP contribution in [-0.2, 0) is 0 Å². The second-order valence-corrected chi connectivity index (χ2v) is 3.85. The molecule has 1 N–H and O–H groups in total. The molecule has 0 fully saturated rings. The van der Waals surface area contributed by atoms with Gasteiger partial charge >= 0.3 is 5.97 Å². The first-order valence-electron chi connectivity index (χ1n) is 5.55. The number of aromatic carboxylic acids is 1. The number of carboxylic acid groups (broad SMARTS) is 1. The van der Waals surface area contributed by atoms with E-state index < -0.39 is 5.97 Å². The van der Waals surface area contributed by atoms with E-state index in [9.17, 15) is 4.79 Å². The highest BCUT2D eigenvalue weighted by atomic mass is 16.5. The number of hydrogen-bond donors (Lipinski definition) is 1. The number of nitrogens with zero attached hydrogens (tertiary/aromatic N) is 3. The lowest BCUT2D eigenvalue weighted by atomic mass is 10.1. The second kappa shape index (κ2) is 4.41. The fraction of sp³-hybridized carbons (Fsp3) is 0. The van der Waals surface area contributed by atoms with Crippen molar-refractivity contribution in [2.45, 2.75) is 0 Å². The number of rotatable bonds is 3. The average molecular weight is 255 g/mol. The molecule has 2 aromatic heterocycles. The van der Waals surface area contributed by atoms with Crippen molar-refractivity contribution in [2.24, 2.45) is 0 Å². The summed E-state index contributed by atoms with van der Waals surface area (Å²) in [7, 11) is 0. The Morgan fingerprint density at radius 1 is 1.26 bits per heavy atom. The molecule has 6 heteroatoms. The summed E-state index contributed by atoms with van der Waals surface area (Å²) in [6.45, 7) is 0. The molecule has 0 saturated carbocycles. The summed E-state index contributed by atoms with van der Waals surface area (Å²) in [5.74, 6) is -1.33. The number of hydrogen-bond acceptors (Lipinski definition) is 4. The van der Waals surface area contributed by atoms with Gasteiger partial charge in [-0.15, -0.1) is 0 Å². The molecular formula is C13H9N3O3. The first kappa shape index (κ1) is 11.2. The third kappa shape index (κ3) is 1.99. The monoisotopic (exact) mass is 255 g/mol.